The molecule has 0 spiro atoms. The van der Waals surface area contributed by atoms with Crippen LogP contribution in [0.15, 0.2) is 66.2 Å². The topological polar surface area (TPSA) is 58.0 Å². The summed E-state index contributed by atoms with van der Waals surface area (Å²) in [6, 6.07) is 19.3. The van der Waals surface area contributed by atoms with Gasteiger partial charge in [-0.2, -0.15) is 0 Å². The van der Waals surface area contributed by atoms with Crippen molar-refractivity contribution in [1.82, 2.24) is 19.4 Å². The van der Waals surface area contributed by atoms with Crippen LogP contribution in [-0.4, -0.2) is 51.7 Å². The first kappa shape index (κ1) is 27.2. The van der Waals surface area contributed by atoms with Gasteiger partial charge in [-0.1, -0.05) is 30.3 Å². The van der Waals surface area contributed by atoms with Gasteiger partial charge in [0.05, 0.1) is 11.0 Å². The summed E-state index contributed by atoms with van der Waals surface area (Å²) in [5.41, 5.74) is 3.30. The van der Waals surface area contributed by atoms with E-state index in [0.29, 0.717) is 6.04 Å². The van der Waals surface area contributed by atoms with E-state index in [2.05, 4.69) is 73.6 Å². The molecule has 0 unspecified atom stereocenters. The number of nitrogens with one attached hydrogen (secondary N) is 2. The lowest BCUT2D eigenvalue weighted by Crippen LogP contribution is -2.41. The van der Waals surface area contributed by atoms with E-state index in [1.165, 1.54) is 0 Å². The first-order valence-electron chi connectivity index (χ1n) is 10.5. The fourth-order valence-electron chi connectivity index (χ4n) is 4.08. The van der Waals surface area contributed by atoms with Crippen molar-refractivity contribution < 1.29 is 0 Å². The Morgan fingerprint density at radius 2 is 1.67 bits per heavy atom. The number of hydrogen-bond acceptors (Lipinski definition) is 6. The van der Waals surface area contributed by atoms with Crippen LogP contribution in [0, 0.1) is 0 Å². The smallest absolute Gasteiger partial charge is 0.208 e. The lowest BCUT2D eigenvalue weighted by atomic mass is 10.1. The largest absolute Gasteiger partial charge is 0.360 e. The van der Waals surface area contributed by atoms with Crippen LogP contribution in [0.5, 0.6) is 0 Å². The van der Waals surface area contributed by atoms with Gasteiger partial charge in [0.1, 0.15) is 0 Å². The highest BCUT2D eigenvalue weighted by atomic mass is 35.5. The van der Waals surface area contributed by atoms with Crippen LogP contribution < -0.4 is 10.6 Å². The Morgan fingerprint density at radius 3 is 2.39 bits per heavy atom. The number of hydrogen-bond donors (Lipinski definition) is 2. The quantitative estimate of drug-likeness (QED) is 0.321. The molecule has 33 heavy (non-hydrogen) atoms. The predicted molar refractivity (Wildman–Crippen MR) is 147 cm³/mol. The molecule has 1 fully saturated rings. The number of nitrogens with zero attached hydrogens (tertiary/aromatic N) is 4. The van der Waals surface area contributed by atoms with Crippen LogP contribution >= 0.6 is 48.6 Å². The van der Waals surface area contributed by atoms with Gasteiger partial charge in [0.25, 0.3) is 0 Å². The SMILES string of the molecule is Cl.Cl.Cl.c1ccc(-n2c(NC3CCN(CCNc4nccs4)CC3)nc3ccccc32)cc1. The minimum absolute atomic E-state index is 0. The van der Waals surface area contributed by atoms with E-state index in [4.69, 9.17) is 4.98 Å². The second-order valence-corrected chi connectivity index (χ2v) is 8.51. The second-order valence-electron chi connectivity index (χ2n) is 7.62. The summed E-state index contributed by atoms with van der Waals surface area (Å²) >= 11 is 1.65. The molecule has 0 radical (unpaired) electrons. The molecule has 6 nitrogen and oxygen atoms in total. The number of anilines is 2. The summed E-state index contributed by atoms with van der Waals surface area (Å²) < 4.78 is 2.24. The number of piperidine rings is 1. The summed E-state index contributed by atoms with van der Waals surface area (Å²) in [6.07, 6.45) is 4.08. The van der Waals surface area contributed by atoms with E-state index in [1.54, 1.807) is 11.3 Å². The van der Waals surface area contributed by atoms with Crippen molar-refractivity contribution in [1.29, 1.82) is 0 Å². The first-order chi connectivity index (χ1) is 14.9. The minimum atomic E-state index is 0. The molecule has 4 aromatic rings. The van der Waals surface area contributed by atoms with Crippen LogP contribution in [0.3, 0.4) is 0 Å². The van der Waals surface area contributed by atoms with Gasteiger partial charge in [-0.25, -0.2) is 9.97 Å². The Hall–Kier alpha value is -2.03. The fourth-order valence-corrected chi connectivity index (χ4v) is 4.63. The molecule has 0 bridgehead atoms. The monoisotopic (exact) mass is 526 g/mol. The maximum absolute atomic E-state index is 4.90. The van der Waals surface area contributed by atoms with Gasteiger partial charge in [0.15, 0.2) is 5.13 Å². The van der Waals surface area contributed by atoms with E-state index >= 15 is 0 Å². The molecule has 2 aromatic heterocycles. The lowest BCUT2D eigenvalue weighted by molar-refractivity contribution is 0.226. The van der Waals surface area contributed by atoms with Gasteiger partial charge < -0.3 is 15.5 Å². The van der Waals surface area contributed by atoms with Gasteiger partial charge in [-0.3, -0.25) is 4.57 Å². The van der Waals surface area contributed by atoms with Crippen molar-refractivity contribution in [3.8, 4) is 5.69 Å². The average molecular weight is 528 g/mol. The highest BCUT2D eigenvalue weighted by Crippen LogP contribution is 2.26. The van der Waals surface area contributed by atoms with Crippen molar-refractivity contribution in [2.24, 2.45) is 0 Å². The number of aromatic nitrogens is 3. The van der Waals surface area contributed by atoms with Crippen LogP contribution in [0.1, 0.15) is 12.8 Å². The standard InChI is InChI=1S/C23H26N6S.3ClH/c1-2-6-19(7-3-1)29-21-9-5-4-8-20(21)27-22(29)26-18-10-14-28(15-11-18)16-12-24-23-25-13-17-30-23;;;/h1-9,13,17-18H,10-12,14-16H2,(H,24,25)(H,26,27);3*1H. The molecule has 3 heterocycles. The van der Waals surface area contributed by atoms with Crippen LogP contribution in [-0.2, 0) is 0 Å². The predicted octanol–water partition coefficient (Wildman–Crippen LogP) is 5.74. The maximum Gasteiger partial charge on any atom is 0.208 e. The molecule has 10 heteroatoms. The van der Waals surface area contributed by atoms with Crippen LogP contribution in [0.4, 0.5) is 11.1 Å². The molecule has 0 amide bonds. The molecule has 2 aromatic carbocycles. The highest BCUT2D eigenvalue weighted by Gasteiger charge is 2.21. The van der Waals surface area contributed by atoms with Crippen molar-refractivity contribution in [3.05, 3.63) is 66.2 Å². The van der Waals surface area contributed by atoms with E-state index < -0.39 is 0 Å². The fraction of sp³-hybridized carbons (Fsp3) is 0.304. The summed E-state index contributed by atoms with van der Waals surface area (Å²) in [5.74, 6) is 0.936. The average Bonchev–Trinajstić information content (AvgIpc) is 3.43. The third-order valence-electron chi connectivity index (χ3n) is 5.63. The lowest BCUT2D eigenvalue weighted by Gasteiger charge is -2.32. The molecular formula is C23H29Cl3N6S. The molecule has 0 aliphatic carbocycles. The number of halogens is 3. The van der Waals surface area contributed by atoms with Crippen LogP contribution in [0.25, 0.3) is 16.7 Å². The van der Waals surface area contributed by atoms with Crippen molar-refractivity contribution >= 4 is 70.7 Å². The van der Waals surface area contributed by atoms with E-state index in [1.807, 2.05) is 17.6 Å². The van der Waals surface area contributed by atoms with Gasteiger partial charge in [-0.15, -0.1) is 48.6 Å². The second kappa shape index (κ2) is 13.0. The zero-order valence-corrected chi connectivity index (χ0v) is 21.4. The summed E-state index contributed by atoms with van der Waals surface area (Å²) in [4.78, 5) is 11.7. The molecule has 1 aliphatic rings. The Kier molecular flexibility index (Phi) is 10.7. The molecule has 178 valence electrons. The Morgan fingerprint density at radius 1 is 0.939 bits per heavy atom. The number of imidazole rings is 1. The third kappa shape index (κ3) is 6.52. The van der Waals surface area contributed by atoms with E-state index in [-0.39, 0.29) is 37.2 Å². The Labute approximate surface area is 217 Å². The molecule has 1 saturated heterocycles. The molecule has 2 N–H and O–H groups in total. The number of para-hydroxylation sites is 3. The number of benzene rings is 2. The zero-order chi connectivity index (χ0) is 20.2. The Balaban J connectivity index is 0.00000128. The number of likely N-dealkylation sites (tertiary alicyclic amines) is 1. The summed E-state index contributed by atoms with van der Waals surface area (Å²) in [6.45, 7) is 4.19. The molecule has 1 aliphatic heterocycles. The van der Waals surface area contributed by atoms with E-state index in [9.17, 15) is 0 Å². The molecular weight excluding hydrogens is 499 g/mol. The highest BCUT2D eigenvalue weighted by molar-refractivity contribution is 7.13. The Bertz CT molecular complexity index is 1080. The van der Waals surface area contributed by atoms with Gasteiger partial charge in [0, 0.05) is 49.5 Å². The van der Waals surface area contributed by atoms with Gasteiger partial charge in [-0.05, 0) is 37.1 Å². The van der Waals surface area contributed by atoms with E-state index in [0.717, 1.165) is 66.8 Å². The van der Waals surface area contributed by atoms with Crippen molar-refractivity contribution in [2.75, 3.05) is 36.8 Å². The van der Waals surface area contributed by atoms with Crippen molar-refractivity contribution in [3.63, 3.8) is 0 Å². The number of rotatable bonds is 7. The normalized spacial score (nSPS) is 14.1. The first-order valence-corrected chi connectivity index (χ1v) is 11.4. The summed E-state index contributed by atoms with van der Waals surface area (Å²) in [7, 11) is 0. The molecule has 5 rings (SSSR count). The summed E-state index contributed by atoms with van der Waals surface area (Å²) in [5, 5.41) is 10.1. The number of thiazole rings is 1. The number of fused-ring (bicyclic) bond motifs is 1. The van der Waals surface area contributed by atoms with Gasteiger partial charge in [0.2, 0.25) is 5.95 Å². The van der Waals surface area contributed by atoms with Gasteiger partial charge >= 0.3 is 0 Å². The van der Waals surface area contributed by atoms with Crippen molar-refractivity contribution in [2.45, 2.75) is 18.9 Å². The maximum atomic E-state index is 4.90. The minimum Gasteiger partial charge on any atom is -0.360 e. The third-order valence-corrected chi connectivity index (χ3v) is 6.36. The molecule has 0 saturated carbocycles. The zero-order valence-electron chi connectivity index (χ0n) is 18.1. The molecule has 0 atom stereocenters. The van der Waals surface area contributed by atoms with Crippen LogP contribution in [0.2, 0.25) is 0 Å².